The monoisotopic (exact) mass is 1370 g/mol. The Kier molecular flexibility index (Phi) is 63.4. The minimum absolute atomic E-state index is 0.106. The molecule has 0 aliphatic carbocycles. The predicted molar refractivity (Wildman–Crippen MR) is 377 cm³/mol. The van der Waals surface area contributed by atoms with E-state index < -0.39 is 97.5 Å². The van der Waals surface area contributed by atoms with E-state index in [1.165, 1.54) is 186 Å². The van der Waals surface area contributed by atoms with Crippen molar-refractivity contribution in [1.82, 2.24) is 0 Å². The van der Waals surface area contributed by atoms with Crippen molar-refractivity contribution in [3.05, 3.63) is 0 Å². The van der Waals surface area contributed by atoms with Gasteiger partial charge in [0.25, 0.3) is 0 Å². The second kappa shape index (κ2) is 64.7. The van der Waals surface area contributed by atoms with Crippen LogP contribution in [0.25, 0.3) is 0 Å². The van der Waals surface area contributed by atoms with Gasteiger partial charge in [0.05, 0.1) is 26.4 Å². The third-order valence-electron chi connectivity index (χ3n) is 17.5. The number of esters is 4. The predicted octanol–water partition coefficient (Wildman–Crippen LogP) is 21.4. The van der Waals surface area contributed by atoms with E-state index in [0.717, 1.165) is 108 Å². The first-order valence-electron chi connectivity index (χ1n) is 38.4. The Morgan fingerprint density at radius 3 is 0.817 bits per heavy atom. The molecule has 0 saturated heterocycles. The van der Waals surface area contributed by atoms with Gasteiger partial charge in [-0.3, -0.25) is 37.3 Å². The van der Waals surface area contributed by atoms with Crippen LogP contribution in [0.4, 0.5) is 0 Å². The average molecular weight is 1370 g/mol. The number of aliphatic hydroxyl groups excluding tert-OH is 1. The van der Waals surface area contributed by atoms with Gasteiger partial charge in [-0.1, -0.05) is 325 Å². The van der Waals surface area contributed by atoms with E-state index in [1.807, 2.05) is 0 Å². The van der Waals surface area contributed by atoms with Gasteiger partial charge >= 0.3 is 39.5 Å². The van der Waals surface area contributed by atoms with Crippen LogP contribution in [0.3, 0.4) is 0 Å². The summed E-state index contributed by atoms with van der Waals surface area (Å²) < 4.78 is 68.5. The van der Waals surface area contributed by atoms with Crippen molar-refractivity contribution < 1.29 is 80.2 Å². The minimum Gasteiger partial charge on any atom is -0.462 e. The van der Waals surface area contributed by atoms with Crippen molar-refractivity contribution in [1.29, 1.82) is 0 Å². The third kappa shape index (κ3) is 67.0. The molecule has 0 fully saturated rings. The molecule has 3 unspecified atom stereocenters. The lowest BCUT2D eigenvalue weighted by Gasteiger charge is -2.21. The van der Waals surface area contributed by atoms with Crippen LogP contribution in [0.1, 0.15) is 376 Å². The smallest absolute Gasteiger partial charge is 0.462 e. The maximum Gasteiger partial charge on any atom is 0.472 e. The van der Waals surface area contributed by atoms with E-state index in [9.17, 15) is 43.2 Å². The molecule has 552 valence electrons. The number of hydrogen-bond acceptors (Lipinski definition) is 15. The van der Waals surface area contributed by atoms with E-state index in [1.54, 1.807) is 0 Å². The first kappa shape index (κ1) is 91.1. The lowest BCUT2D eigenvalue weighted by atomic mass is 9.99. The summed E-state index contributed by atoms with van der Waals surface area (Å²) in [5.74, 6) is 0.220. The molecule has 19 heteroatoms. The molecule has 0 rings (SSSR count). The molecule has 0 aromatic carbocycles. The Balaban J connectivity index is 5.27. The highest BCUT2D eigenvalue weighted by Gasteiger charge is 2.30. The number of hydrogen-bond donors (Lipinski definition) is 3. The van der Waals surface area contributed by atoms with Gasteiger partial charge < -0.3 is 33.8 Å². The zero-order valence-corrected chi connectivity index (χ0v) is 62.5. The highest BCUT2D eigenvalue weighted by atomic mass is 31.2. The minimum atomic E-state index is -4.96. The van der Waals surface area contributed by atoms with Crippen LogP contribution in [0.15, 0.2) is 0 Å². The summed E-state index contributed by atoms with van der Waals surface area (Å²) >= 11 is 0. The second-order valence-corrected chi connectivity index (χ2v) is 30.8. The average Bonchev–Trinajstić information content (AvgIpc) is 2.70. The van der Waals surface area contributed by atoms with Crippen molar-refractivity contribution in [3.8, 4) is 0 Å². The fourth-order valence-electron chi connectivity index (χ4n) is 11.2. The second-order valence-electron chi connectivity index (χ2n) is 27.9. The molecule has 17 nitrogen and oxygen atoms in total. The molecule has 0 aliphatic heterocycles. The molecule has 3 N–H and O–H groups in total. The Morgan fingerprint density at radius 2 is 0.548 bits per heavy atom. The van der Waals surface area contributed by atoms with Crippen LogP contribution in [-0.4, -0.2) is 96.7 Å². The maximum absolute atomic E-state index is 13.1. The molecule has 0 aromatic rings. The summed E-state index contributed by atoms with van der Waals surface area (Å²) in [4.78, 5) is 72.8. The highest BCUT2D eigenvalue weighted by molar-refractivity contribution is 7.47. The van der Waals surface area contributed by atoms with Gasteiger partial charge in [0.2, 0.25) is 0 Å². The van der Waals surface area contributed by atoms with Crippen molar-refractivity contribution in [2.45, 2.75) is 394 Å². The van der Waals surface area contributed by atoms with E-state index in [0.29, 0.717) is 25.7 Å². The van der Waals surface area contributed by atoms with Crippen molar-refractivity contribution in [2.24, 2.45) is 17.8 Å². The van der Waals surface area contributed by atoms with E-state index in [4.69, 9.17) is 37.0 Å². The number of carbonyl (C=O) groups excluding carboxylic acids is 4. The van der Waals surface area contributed by atoms with Crippen molar-refractivity contribution >= 4 is 39.5 Å². The van der Waals surface area contributed by atoms with Crippen molar-refractivity contribution in [2.75, 3.05) is 39.6 Å². The van der Waals surface area contributed by atoms with Gasteiger partial charge in [-0.25, -0.2) is 9.13 Å². The quantitative estimate of drug-likeness (QED) is 0.0222. The van der Waals surface area contributed by atoms with Gasteiger partial charge in [-0.2, -0.15) is 0 Å². The molecule has 0 spiro atoms. The fourth-order valence-corrected chi connectivity index (χ4v) is 12.8. The number of phosphoric acid groups is 2. The zero-order valence-electron chi connectivity index (χ0n) is 60.7. The number of rotatable bonds is 72. The summed E-state index contributed by atoms with van der Waals surface area (Å²) in [5, 5.41) is 10.6. The van der Waals surface area contributed by atoms with Crippen LogP contribution >= 0.6 is 15.6 Å². The molecule has 0 aliphatic rings. The van der Waals surface area contributed by atoms with E-state index >= 15 is 0 Å². The van der Waals surface area contributed by atoms with Crippen LogP contribution in [0, 0.1) is 17.8 Å². The molecule has 0 aromatic heterocycles. The normalized spacial score (nSPS) is 14.4. The Bertz CT molecular complexity index is 1820. The molecule has 0 saturated carbocycles. The number of phosphoric ester groups is 2. The topological polar surface area (TPSA) is 237 Å². The first-order chi connectivity index (χ1) is 44.8. The summed E-state index contributed by atoms with van der Waals surface area (Å²) in [6.07, 6.45) is 49.7. The molecule has 0 bridgehead atoms. The third-order valence-corrected chi connectivity index (χ3v) is 19.4. The molecule has 6 atom stereocenters. The molecule has 0 heterocycles. The van der Waals surface area contributed by atoms with E-state index in [-0.39, 0.29) is 25.7 Å². The Hall–Kier alpha value is -1.94. The van der Waals surface area contributed by atoms with Crippen LogP contribution < -0.4 is 0 Å². The molecule has 93 heavy (non-hydrogen) atoms. The lowest BCUT2D eigenvalue weighted by molar-refractivity contribution is -0.161. The number of unbranched alkanes of at least 4 members (excludes halogenated alkanes) is 39. The summed E-state index contributed by atoms with van der Waals surface area (Å²) in [7, 11) is -9.91. The van der Waals surface area contributed by atoms with Crippen LogP contribution in [0.5, 0.6) is 0 Å². The van der Waals surface area contributed by atoms with Gasteiger partial charge in [0.1, 0.15) is 19.3 Å². The summed E-state index contributed by atoms with van der Waals surface area (Å²) in [6, 6.07) is 0. The van der Waals surface area contributed by atoms with Gasteiger partial charge in [-0.15, -0.1) is 0 Å². The fraction of sp³-hybridized carbons (Fsp3) is 0.946. The highest BCUT2D eigenvalue weighted by Crippen LogP contribution is 2.45. The number of ether oxygens (including phenoxy) is 4. The molecular formula is C74H144O17P2. The molecular weight excluding hydrogens is 1220 g/mol. The number of aliphatic hydroxyl groups is 1. The first-order valence-corrected chi connectivity index (χ1v) is 41.4. The van der Waals surface area contributed by atoms with Gasteiger partial charge in [-0.05, 0) is 43.4 Å². The number of carbonyl (C=O) groups is 4. The Morgan fingerprint density at radius 1 is 0.312 bits per heavy atom. The molecule has 0 amide bonds. The van der Waals surface area contributed by atoms with Gasteiger partial charge in [0, 0.05) is 25.7 Å². The van der Waals surface area contributed by atoms with E-state index in [2.05, 4.69) is 48.5 Å². The Labute approximate surface area is 568 Å². The SMILES string of the molecule is CCCCCCCCCCCCCC(=O)OC[C@H](COP(=O)(O)OC[C@H](O)COP(=O)(O)OC[C@@H](COC(=O)CCCCCCCCCCCCCC(C)C)OC(=O)CCCCCCCCCCCCCC(C)C)OC(=O)CCCCCCCCCCCCC(C)CC. The summed E-state index contributed by atoms with van der Waals surface area (Å²) in [5.41, 5.74) is 0. The molecule has 0 radical (unpaired) electrons. The summed E-state index contributed by atoms with van der Waals surface area (Å²) in [6.45, 7) is 11.9. The zero-order chi connectivity index (χ0) is 68.7. The lowest BCUT2D eigenvalue weighted by Crippen LogP contribution is -2.30. The van der Waals surface area contributed by atoms with Crippen LogP contribution in [-0.2, 0) is 65.4 Å². The standard InChI is InChI=1S/C74H144O17P2/c1-8-10-11-12-13-14-17-27-34-41-48-55-71(76)84-61-70(91-74(79)58-51-44-37-30-23-22-26-33-40-47-54-67(7)9-2)64-89-93(82,83)87-60-68(75)59-86-92(80,81)88-63-69(90-73(78)57-50-43-36-29-21-16-19-25-32-39-46-53-66(5)6)62-85-72(77)56-49-42-35-28-20-15-18-24-31-38-45-52-65(3)4/h65-70,75H,8-64H2,1-7H3,(H,80,81)(H,82,83)/t67?,68-,69-,70-/m1/s1. The largest absolute Gasteiger partial charge is 0.472 e. The maximum atomic E-state index is 13.1. The van der Waals surface area contributed by atoms with Crippen molar-refractivity contribution in [3.63, 3.8) is 0 Å². The van der Waals surface area contributed by atoms with Crippen LogP contribution in [0.2, 0.25) is 0 Å². The van der Waals surface area contributed by atoms with Gasteiger partial charge in [0.15, 0.2) is 12.2 Å².